The predicted molar refractivity (Wildman–Crippen MR) is 46.5 cm³/mol. The lowest BCUT2D eigenvalue weighted by Gasteiger charge is -2.07. The van der Waals surface area contributed by atoms with E-state index in [1.165, 1.54) is 6.07 Å². The third-order valence-corrected chi connectivity index (χ3v) is 2.01. The summed E-state index contributed by atoms with van der Waals surface area (Å²) in [6.07, 6.45) is -4.43. The second kappa shape index (κ2) is 3.84. The van der Waals surface area contributed by atoms with Gasteiger partial charge in [0.25, 0.3) is 0 Å². The van der Waals surface area contributed by atoms with Crippen LogP contribution >= 0.6 is 27.5 Å². The maximum absolute atomic E-state index is 12.2. The Kier molecular flexibility index (Phi) is 3.18. The fourth-order valence-corrected chi connectivity index (χ4v) is 1.41. The number of hydrogen-bond donors (Lipinski definition) is 0. The Bertz CT molecular complexity index is 313. The highest BCUT2D eigenvalue weighted by atomic mass is 79.9. The largest absolute Gasteiger partial charge is 0.433 e. The van der Waals surface area contributed by atoms with Crippen LogP contribution in [0, 0.1) is 0 Å². The maximum Gasteiger partial charge on any atom is 0.433 e. The number of hydrogen-bond acceptors (Lipinski definition) is 1. The number of nitrogens with zero attached hydrogens (tertiary/aromatic N) is 1. The monoisotopic (exact) mass is 273 g/mol. The third kappa shape index (κ3) is 2.84. The molecular formula is C7H4BrClF3N. The first-order valence-corrected chi connectivity index (χ1v) is 4.56. The molecule has 0 amide bonds. The van der Waals surface area contributed by atoms with Gasteiger partial charge in [-0.1, -0.05) is 0 Å². The van der Waals surface area contributed by atoms with Crippen molar-refractivity contribution in [3.05, 3.63) is 28.0 Å². The van der Waals surface area contributed by atoms with Crippen molar-refractivity contribution in [3.63, 3.8) is 0 Å². The Balaban J connectivity index is 3.16. The molecular weight excluding hydrogens is 270 g/mol. The number of aromatic nitrogens is 1. The lowest BCUT2D eigenvalue weighted by Crippen LogP contribution is -2.08. The highest BCUT2D eigenvalue weighted by molar-refractivity contribution is 9.10. The van der Waals surface area contributed by atoms with Gasteiger partial charge in [-0.3, -0.25) is 0 Å². The smallest absolute Gasteiger partial charge is 0.236 e. The Labute approximate surface area is 86.0 Å². The summed E-state index contributed by atoms with van der Waals surface area (Å²) in [5, 5.41) is 0. The second-order valence-corrected chi connectivity index (χ2v) is 3.39. The second-order valence-electron chi connectivity index (χ2n) is 2.31. The van der Waals surface area contributed by atoms with Gasteiger partial charge in [0.2, 0.25) is 0 Å². The van der Waals surface area contributed by atoms with Crippen LogP contribution in [0.2, 0.25) is 0 Å². The summed E-state index contributed by atoms with van der Waals surface area (Å²) < 4.78 is 36.6. The molecule has 6 heteroatoms. The van der Waals surface area contributed by atoms with E-state index in [9.17, 15) is 13.2 Å². The van der Waals surface area contributed by atoms with Gasteiger partial charge in [0.1, 0.15) is 10.3 Å². The van der Waals surface area contributed by atoms with Crippen molar-refractivity contribution in [2.24, 2.45) is 0 Å². The first-order chi connectivity index (χ1) is 5.93. The van der Waals surface area contributed by atoms with Gasteiger partial charge >= 0.3 is 6.18 Å². The van der Waals surface area contributed by atoms with Crippen LogP contribution in [-0.4, -0.2) is 4.98 Å². The maximum atomic E-state index is 12.2. The van der Waals surface area contributed by atoms with Gasteiger partial charge in [0.05, 0.1) is 0 Å². The van der Waals surface area contributed by atoms with Crippen molar-refractivity contribution < 1.29 is 13.2 Å². The molecule has 0 aliphatic rings. The van der Waals surface area contributed by atoms with E-state index >= 15 is 0 Å². The van der Waals surface area contributed by atoms with E-state index in [1.54, 1.807) is 0 Å². The summed E-state index contributed by atoms with van der Waals surface area (Å²) in [5.74, 6) is 0.0319. The van der Waals surface area contributed by atoms with Crippen LogP contribution < -0.4 is 0 Å². The molecule has 0 N–H and O–H groups in total. The van der Waals surface area contributed by atoms with Gasteiger partial charge in [-0.15, -0.1) is 11.6 Å². The molecule has 0 saturated heterocycles. The highest BCUT2D eigenvalue weighted by Crippen LogP contribution is 2.29. The molecule has 0 aliphatic heterocycles. The standard InChI is InChI=1S/C7H4BrClF3N/c8-6-2-4(3-9)1-5(13-6)7(10,11)12/h1-2H,3H2. The van der Waals surface area contributed by atoms with Crippen LogP contribution in [-0.2, 0) is 12.1 Å². The minimum absolute atomic E-state index is 0.0319. The lowest BCUT2D eigenvalue weighted by molar-refractivity contribution is -0.141. The molecule has 0 unspecified atom stereocenters. The summed E-state index contributed by atoms with van der Waals surface area (Å²) in [5.41, 5.74) is -0.548. The van der Waals surface area contributed by atoms with E-state index in [4.69, 9.17) is 11.6 Å². The van der Waals surface area contributed by atoms with Crippen molar-refractivity contribution in [2.75, 3.05) is 0 Å². The lowest BCUT2D eigenvalue weighted by atomic mass is 10.2. The number of alkyl halides is 4. The predicted octanol–water partition coefficient (Wildman–Crippen LogP) is 3.60. The van der Waals surface area contributed by atoms with Crippen molar-refractivity contribution in [1.29, 1.82) is 0 Å². The molecule has 1 nitrogen and oxygen atoms in total. The molecule has 0 atom stereocenters. The quantitative estimate of drug-likeness (QED) is 0.563. The highest BCUT2D eigenvalue weighted by Gasteiger charge is 2.32. The van der Waals surface area contributed by atoms with Crippen LogP contribution in [0.15, 0.2) is 16.7 Å². The summed E-state index contributed by atoms with van der Waals surface area (Å²) in [7, 11) is 0. The number of pyridine rings is 1. The Morgan fingerprint density at radius 2 is 2.00 bits per heavy atom. The van der Waals surface area contributed by atoms with Crippen molar-refractivity contribution in [3.8, 4) is 0 Å². The molecule has 0 aliphatic carbocycles. The normalized spacial score (nSPS) is 11.8. The van der Waals surface area contributed by atoms with E-state index in [1.807, 2.05) is 0 Å². The first kappa shape index (κ1) is 10.8. The van der Waals surface area contributed by atoms with Gasteiger partial charge < -0.3 is 0 Å². The molecule has 13 heavy (non-hydrogen) atoms. The molecule has 0 bridgehead atoms. The molecule has 0 saturated carbocycles. The Morgan fingerprint density at radius 1 is 1.38 bits per heavy atom. The Hall–Kier alpha value is -0.290. The minimum Gasteiger partial charge on any atom is -0.236 e. The molecule has 1 rings (SSSR count). The van der Waals surface area contributed by atoms with Crippen molar-refractivity contribution in [1.82, 2.24) is 4.98 Å². The van der Waals surface area contributed by atoms with Crippen LogP contribution in [0.5, 0.6) is 0 Å². The zero-order valence-corrected chi connectivity index (χ0v) is 8.54. The number of rotatable bonds is 1. The van der Waals surface area contributed by atoms with Crippen LogP contribution in [0.3, 0.4) is 0 Å². The zero-order chi connectivity index (χ0) is 10.1. The average Bonchev–Trinajstić information content (AvgIpc) is 2.01. The first-order valence-electron chi connectivity index (χ1n) is 3.23. The average molecular weight is 274 g/mol. The topological polar surface area (TPSA) is 12.9 Å². The van der Waals surface area contributed by atoms with Gasteiger partial charge in [0, 0.05) is 5.88 Å². The third-order valence-electron chi connectivity index (χ3n) is 1.30. The summed E-state index contributed by atoms with van der Waals surface area (Å²) in [6, 6.07) is 2.38. The zero-order valence-electron chi connectivity index (χ0n) is 6.20. The van der Waals surface area contributed by atoms with Gasteiger partial charge in [-0.2, -0.15) is 13.2 Å². The van der Waals surface area contributed by atoms with E-state index < -0.39 is 11.9 Å². The molecule has 1 aromatic heterocycles. The van der Waals surface area contributed by atoms with E-state index in [0.29, 0.717) is 5.56 Å². The van der Waals surface area contributed by atoms with Crippen molar-refractivity contribution in [2.45, 2.75) is 12.1 Å². The van der Waals surface area contributed by atoms with E-state index in [2.05, 4.69) is 20.9 Å². The van der Waals surface area contributed by atoms with Crippen LogP contribution in [0.4, 0.5) is 13.2 Å². The van der Waals surface area contributed by atoms with E-state index in [-0.39, 0.29) is 10.5 Å². The van der Waals surface area contributed by atoms with Crippen LogP contribution in [0.1, 0.15) is 11.3 Å². The molecule has 0 aromatic carbocycles. The molecule has 0 radical (unpaired) electrons. The fourth-order valence-electron chi connectivity index (χ4n) is 0.772. The minimum atomic E-state index is -4.43. The molecule has 0 spiro atoms. The van der Waals surface area contributed by atoms with Crippen LogP contribution in [0.25, 0.3) is 0 Å². The van der Waals surface area contributed by atoms with Gasteiger partial charge in [-0.25, -0.2) is 4.98 Å². The van der Waals surface area contributed by atoms with Gasteiger partial charge in [-0.05, 0) is 33.6 Å². The molecule has 72 valence electrons. The van der Waals surface area contributed by atoms with Gasteiger partial charge in [0.15, 0.2) is 0 Å². The summed E-state index contributed by atoms with van der Waals surface area (Å²) in [4.78, 5) is 3.29. The summed E-state index contributed by atoms with van der Waals surface area (Å²) in [6.45, 7) is 0. The van der Waals surface area contributed by atoms with Crippen molar-refractivity contribution >= 4 is 27.5 Å². The molecule has 1 heterocycles. The molecule has 0 fully saturated rings. The molecule has 1 aromatic rings. The SMILES string of the molecule is FC(F)(F)c1cc(CCl)cc(Br)n1. The number of halogens is 5. The fraction of sp³-hybridized carbons (Fsp3) is 0.286. The summed E-state index contributed by atoms with van der Waals surface area (Å²) >= 11 is 8.28. The Morgan fingerprint density at radius 3 is 2.46 bits per heavy atom. The van der Waals surface area contributed by atoms with E-state index in [0.717, 1.165) is 6.07 Å².